The summed E-state index contributed by atoms with van der Waals surface area (Å²) in [7, 11) is -4.26. The Morgan fingerprint density at radius 2 is 1.68 bits per heavy atom. The van der Waals surface area contributed by atoms with Gasteiger partial charge in [-0.15, -0.1) is 0 Å². The van der Waals surface area contributed by atoms with Gasteiger partial charge in [-0.2, -0.15) is 0 Å². The van der Waals surface area contributed by atoms with Crippen LogP contribution in [0.15, 0.2) is 77.7 Å². The van der Waals surface area contributed by atoms with Gasteiger partial charge in [0.05, 0.1) is 15.6 Å². The minimum absolute atomic E-state index is 0.0277. The van der Waals surface area contributed by atoms with Crippen LogP contribution in [0.2, 0.25) is 5.02 Å². The largest absolute Gasteiger partial charge is 0.354 e. The van der Waals surface area contributed by atoms with Crippen molar-refractivity contribution in [3.8, 4) is 0 Å². The maximum atomic E-state index is 14.0. The molecule has 0 heterocycles. The normalized spacial score (nSPS) is 12.0. The van der Waals surface area contributed by atoms with Gasteiger partial charge in [0, 0.05) is 13.1 Å². The first-order chi connectivity index (χ1) is 19.1. The third kappa shape index (κ3) is 7.61. The molecular weight excluding hydrogens is 553 g/mol. The van der Waals surface area contributed by atoms with Crippen LogP contribution < -0.4 is 9.62 Å². The highest BCUT2D eigenvalue weighted by Crippen LogP contribution is 2.28. The number of sulfonamides is 1. The Hall–Kier alpha value is -3.43. The molecule has 40 heavy (non-hydrogen) atoms. The molecule has 1 N–H and O–H groups in total. The van der Waals surface area contributed by atoms with E-state index in [1.165, 1.54) is 29.2 Å². The van der Waals surface area contributed by atoms with E-state index in [2.05, 4.69) is 5.32 Å². The molecule has 214 valence electrons. The van der Waals surface area contributed by atoms with Gasteiger partial charge in [0.2, 0.25) is 11.8 Å². The maximum Gasteiger partial charge on any atom is 0.264 e. The number of amides is 2. The lowest BCUT2D eigenvalue weighted by Gasteiger charge is -2.33. The van der Waals surface area contributed by atoms with Crippen molar-refractivity contribution in [3.63, 3.8) is 0 Å². The van der Waals surface area contributed by atoms with E-state index in [0.29, 0.717) is 13.0 Å². The molecule has 0 fully saturated rings. The zero-order valence-corrected chi connectivity index (χ0v) is 24.5. The predicted molar refractivity (Wildman–Crippen MR) is 156 cm³/mol. The van der Waals surface area contributed by atoms with E-state index in [4.69, 9.17) is 11.6 Å². The van der Waals surface area contributed by atoms with Crippen LogP contribution in [-0.2, 0) is 26.2 Å². The fourth-order valence-electron chi connectivity index (χ4n) is 4.29. The Morgan fingerprint density at radius 3 is 2.30 bits per heavy atom. The summed E-state index contributed by atoms with van der Waals surface area (Å²) >= 11 is 6.01. The lowest BCUT2D eigenvalue weighted by Crippen LogP contribution is -2.52. The Kier molecular flexibility index (Phi) is 11.1. The van der Waals surface area contributed by atoms with Crippen LogP contribution in [0.3, 0.4) is 0 Å². The lowest BCUT2D eigenvalue weighted by atomic mass is 10.1. The molecule has 1 atom stereocenters. The fraction of sp³-hybridized carbons (Fsp3) is 0.333. The number of aryl methyl sites for hydroxylation is 1. The smallest absolute Gasteiger partial charge is 0.264 e. The van der Waals surface area contributed by atoms with Crippen LogP contribution in [0.1, 0.15) is 44.2 Å². The molecule has 1 unspecified atom stereocenters. The molecule has 0 spiro atoms. The van der Waals surface area contributed by atoms with Crippen LogP contribution >= 0.6 is 11.6 Å². The van der Waals surface area contributed by atoms with E-state index in [9.17, 15) is 22.4 Å². The van der Waals surface area contributed by atoms with E-state index in [0.717, 1.165) is 34.3 Å². The molecule has 7 nitrogen and oxygen atoms in total. The molecule has 3 aromatic rings. The summed E-state index contributed by atoms with van der Waals surface area (Å²) in [5.41, 5.74) is 1.79. The van der Waals surface area contributed by atoms with Gasteiger partial charge < -0.3 is 10.2 Å². The van der Waals surface area contributed by atoms with E-state index >= 15 is 0 Å². The van der Waals surface area contributed by atoms with Crippen LogP contribution in [0.4, 0.5) is 10.1 Å². The summed E-state index contributed by atoms with van der Waals surface area (Å²) in [6.07, 6.45) is 2.02. The summed E-state index contributed by atoms with van der Waals surface area (Å²) in [4.78, 5) is 28.6. The second-order valence-electron chi connectivity index (χ2n) is 9.44. The van der Waals surface area contributed by atoms with Crippen molar-refractivity contribution in [1.29, 1.82) is 0 Å². The van der Waals surface area contributed by atoms with Crippen molar-refractivity contribution in [3.05, 3.63) is 94.8 Å². The average Bonchev–Trinajstić information content (AvgIpc) is 2.94. The molecule has 0 radical (unpaired) electrons. The number of nitrogens with one attached hydrogen (secondary N) is 1. The second kappa shape index (κ2) is 14.3. The van der Waals surface area contributed by atoms with E-state index in [1.54, 1.807) is 25.1 Å². The average molecular weight is 588 g/mol. The second-order valence-corrected chi connectivity index (χ2v) is 11.7. The standard InChI is InChI=1S/C30H35ClFN3O4S/c1-4-6-18-33-30(37)28(5-2)34(20-23-13-11-10-12-22(23)3)29(36)21-35(24-16-17-27(32)26(31)19-24)40(38,39)25-14-8-7-9-15-25/h7-17,19,28H,4-6,18,20-21H2,1-3H3,(H,33,37). The van der Waals surface area contributed by atoms with Crippen molar-refractivity contribution in [2.24, 2.45) is 0 Å². The van der Waals surface area contributed by atoms with Crippen LogP contribution in [-0.4, -0.2) is 44.3 Å². The third-order valence-corrected chi connectivity index (χ3v) is 8.70. The number of anilines is 1. The highest BCUT2D eigenvalue weighted by Gasteiger charge is 2.34. The van der Waals surface area contributed by atoms with Gasteiger partial charge in [0.25, 0.3) is 10.0 Å². The van der Waals surface area contributed by atoms with Gasteiger partial charge in [-0.25, -0.2) is 12.8 Å². The first-order valence-corrected chi connectivity index (χ1v) is 15.1. The summed E-state index contributed by atoms with van der Waals surface area (Å²) in [5, 5.41) is 2.62. The number of halogens is 2. The van der Waals surface area contributed by atoms with Gasteiger partial charge >= 0.3 is 0 Å². The predicted octanol–water partition coefficient (Wildman–Crippen LogP) is 5.71. The molecule has 0 aliphatic carbocycles. The van der Waals surface area contributed by atoms with Crippen molar-refractivity contribution >= 4 is 39.1 Å². The molecule has 10 heteroatoms. The molecule has 0 aromatic heterocycles. The first-order valence-electron chi connectivity index (χ1n) is 13.2. The Balaban J connectivity index is 2.06. The van der Waals surface area contributed by atoms with Crippen molar-refractivity contribution < 1.29 is 22.4 Å². The third-order valence-electron chi connectivity index (χ3n) is 6.62. The summed E-state index contributed by atoms with van der Waals surface area (Å²) in [5.74, 6) is -1.61. The summed E-state index contributed by atoms with van der Waals surface area (Å²) in [6, 6.07) is 17.8. The van der Waals surface area contributed by atoms with Gasteiger partial charge in [-0.3, -0.25) is 13.9 Å². The molecule has 0 aliphatic heterocycles. The number of hydrogen-bond donors (Lipinski definition) is 1. The van der Waals surface area contributed by atoms with E-state index in [1.807, 2.05) is 38.1 Å². The van der Waals surface area contributed by atoms with Crippen LogP contribution in [0, 0.1) is 12.7 Å². The number of hydrogen-bond acceptors (Lipinski definition) is 4. The van der Waals surface area contributed by atoms with Crippen molar-refractivity contribution in [2.45, 2.75) is 57.5 Å². The molecule has 0 saturated heterocycles. The Morgan fingerprint density at radius 1 is 1.00 bits per heavy atom. The maximum absolute atomic E-state index is 14.0. The number of carbonyl (C=O) groups excluding carboxylic acids is 2. The highest BCUT2D eigenvalue weighted by molar-refractivity contribution is 7.92. The van der Waals surface area contributed by atoms with Crippen LogP contribution in [0.25, 0.3) is 0 Å². The number of carbonyl (C=O) groups is 2. The molecule has 0 bridgehead atoms. The number of benzene rings is 3. The number of rotatable bonds is 13. The Bertz CT molecular complexity index is 1420. The SMILES string of the molecule is CCCCNC(=O)C(CC)N(Cc1ccccc1C)C(=O)CN(c1ccc(F)c(Cl)c1)S(=O)(=O)c1ccccc1. The van der Waals surface area contributed by atoms with Crippen molar-refractivity contribution in [2.75, 3.05) is 17.4 Å². The van der Waals surface area contributed by atoms with Crippen molar-refractivity contribution in [1.82, 2.24) is 10.2 Å². The highest BCUT2D eigenvalue weighted by atomic mass is 35.5. The topological polar surface area (TPSA) is 86.8 Å². The minimum atomic E-state index is -4.26. The van der Waals surface area contributed by atoms with E-state index in [-0.39, 0.29) is 28.1 Å². The molecule has 0 aliphatic rings. The minimum Gasteiger partial charge on any atom is -0.354 e. The quantitative estimate of drug-likeness (QED) is 0.260. The number of unbranched alkanes of at least 4 members (excludes halogenated alkanes) is 1. The monoisotopic (exact) mass is 587 g/mol. The first kappa shape index (κ1) is 31.1. The Labute approximate surface area is 241 Å². The van der Waals surface area contributed by atoms with Gasteiger partial charge in [0.15, 0.2) is 0 Å². The number of nitrogens with zero attached hydrogens (tertiary/aromatic N) is 2. The lowest BCUT2D eigenvalue weighted by molar-refractivity contribution is -0.140. The molecule has 3 aromatic carbocycles. The fourth-order valence-corrected chi connectivity index (χ4v) is 5.89. The van der Waals surface area contributed by atoms with Gasteiger partial charge in [-0.1, -0.05) is 74.3 Å². The van der Waals surface area contributed by atoms with Gasteiger partial charge in [-0.05, 0) is 61.2 Å². The summed E-state index contributed by atoms with van der Waals surface area (Å²) < 4.78 is 42.5. The molecule has 0 saturated carbocycles. The molecule has 3 rings (SSSR count). The zero-order chi connectivity index (χ0) is 29.3. The van der Waals surface area contributed by atoms with E-state index < -0.39 is 34.3 Å². The summed E-state index contributed by atoms with van der Waals surface area (Å²) in [6.45, 7) is 5.69. The van der Waals surface area contributed by atoms with Crippen LogP contribution in [0.5, 0.6) is 0 Å². The molecular formula is C30H35ClFN3O4S. The zero-order valence-electron chi connectivity index (χ0n) is 22.9. The van der Waals surface area contributed by atoms with Gasteiger partial charge in [0.1, 0.15) is 18.4 Å². The molecule has 2 amide bonds.